The molecule has 0 aromatic rings. The van der Waals surface area contributed by atoms with Gasteiger partial charge in [0.25, 0.3) is 0 Å². The summed E-state index contributed by atoms with van der Waals surface area (Å²) in [5.41, 5.74) is -0.915. The van der Waals surface area contributed by atoms with Crippen molar-refractivity contribution < 1.29 is 18.3 Å². The van der Waals surface area contributed by atoms with Gasteiger partial charge in [-0.1, -0.05) is 0 Å². The largest absolute Gasteiger partial charge is 0.431 e. The zero-order valence-corrected chi connectivity index (χ0v) is 7.17. The molecule has 1 heterocycles. The molecule has 0 saturated heterocycles. The van der Waals surface area contributed by atoms with E-state index >= 15 is 0 Å². The van der Waals surface area contributed by atoms with Gasteiger partial charge in [-0.3, -0.25) is 0 Å². The van der Waals surface area contributed by atoms with Crippen molar-refractivity contribution in [1.29, 1.82) is 0 Å². The molecular weight excluding hydrogens is 197 g/mol. The molecule has 0 bridgehead atoms. The predicted molar refractivity (Wildman–Crippen MR) is 43.4 cm³/mol. The number of amidine groups is 1. The number of alkyl halides is 3. The summed E-state index contributed by atoms with van der Waals surface area (Å²) in [7, 11) is 0. The van der Waals surface area contributed by atoms with Crippen LogP contribution in [0.5, 0.6) is 0 Å². The molecule has 6 heteroatoms. The normalized spacial score (nSPS) is 27.9. The lowest BCUT2D eigenvalue weighted by atomic mass is 10.2. The number of rotatable bonds is 1. The summed E-state index contributed by atoms with van der Waals surface area (Å²) in [6.45, 7) is 0. The van der Waals surface area contributed by atoms with E-state index in [0.717, 1.165) is 12.8 Å². The molecule has 0 amide bonds. The quantitative estimate of drug-likeness (QED) is 0.676. The maximum absolute atomic E-state index is 12.3. The van der Waals surface area contributed by atoms with Gasteiger partial charge in [0, 0.05) is 5.92 Å². The topological polar surface area (TPSA) is 44.6 Å². The van der Waals surface area contributed by atoms with Crippen LogP contribution in [-0.2, 0) is 0 Å². The molecule has 78 valence electrons. The average Bonchev–Trinajstić information content (AvgIpc) is 2.83. The third kappa shape index (κ3) is 1.89. The van der Waals surface area contributed by atoms with Crippen LogP contribution >= 0.6 is 0 Å². The summed E-state index contributed by atoms with van der Waals surface area (Å²) in [5, 5.41) is 11.3. The zero-order valence-electron chi connectivity index (χ0n) is 7.17. The molecule has 1 aliphatic carbocycles. The summed E-state index contributed by atoms with van der Waals surface area (Å²) in [6.07, 6.45) is -3.47. The molecule has 1 unspecified atom stereocenters. The number of aliphatic hydroxyl groups excluding tert-OH is 1. The Morgan fingerprint density at radius 2 is 2.07 bits per heavy atom. The number of aliphatic hydroxyl groups is 1. The van der Waals surface area contributed by atoms with Gasteiger partial charge in [-0.2, -0.15) is 13.2 Å². The molecule has 2 N–H and O–H groups in total. The Hall–Kier alpha value is -1.04. The molecule has 0 aromatic carbocycles. The van der Waals surface area contributed by atoms with Crippen LogP contribution in [0.15, 0.2) is 16.8 Å². The summed E-state index contributed by atoms with van der Waals surface area (Å²) >= 11 is 0. The summed E-state index contributed by atoms with van der Waals surface area (Å²) in [5.74, 6) is 0.322. The second-order valence-corrected chi connectivity index (χ2v) is 3.41. The van der Waals surface area contributed by atoms with Crippen molar-refractivity contribution in [2.75, 3.05) is 0 Å². The van der Waals surface area contributed by atoms with Gasteiger partial charge in [-0.25, -0.2) is 4.99 Å². The first-order valence-electron chi connectivity index (χ1n) is 4.28. The fraction of sp³-hybridized carbons (Fsp3) is 0.625. The molecule has 1 saturated carbocycles. The maximum atomic E-state index is 12.3. The molecule has 1 fully saturated rings. The van der Waals surface area contributed by atoms with E-state index in [-0.39, 0.29) is 11.8 Å². The lowest BCUT2D eigenvalue weighted by Gasteiger charge is -2.21. The van der Waals surface area contributed by atoms with E-state index < -0.39 is 18.1 Å². The van der Waals surface area contributed by atoms with Crippen LogP contribution in [-0.4, -0.2) is 23.3 Å². The highest BCUT2D eigenvalue weighted by atomic mass is 19.4. The van der Waals surface area contributed by atoms with E-state index in [9.17, 15) is 13.2 Å². The number of hydrogen-bond donors (Lipinski definition) is 2. The minimum absolute atomic E-state index is 0.0655. The predicted octanol–water partition coefficient (Wildman–Crippen LogP) is 1.16. The van der Waals surface area contributed by atoms with Crippen LogP contribution in [0.25, 0.3) is 0 Å². The molecule has 14 heavy (non-hydrogen) atoms. The van der Waals surface area contributed by atoms with Crippen molar-refractivity contribution in [1.82, 2.24) is 5.32 Å². The number of nitrogens with zero attached hydrogens (tertiary/aromatic N) is 1. The van der Waals surface area contributed by atoms with Gasteiger partial charge in [0.2, 0.25) is 0 Å². The third-order valence-corrected chi connectivity index (χ3v) is 2.12. The molecule has 1 atom stereocenters. The van der Waals surface area contributed by atoms with Crippen LogP contribution in [0.2, 0.25) is 0 Å². The first kappa shape index (κ1) is 9.51. The molecular formula is C8H9F3N2O. The van der Waals surface area contributed by atoms with Gasteiger partial charge >= 0.3 is 6.18 Å². The maximum Gasteiger partial charge on any atom is 0.431 e. The van der Waals surface area contributed by atoms with Crippen LogP contribution < -0.4 is 5.32 Å². The van der Waals surface area contributed by atoms with Gasteiger partial charge in [0.1, 0.15) is 11.5 Å². The van der Waals surface area contributed by atoms with Crippen molar-refractivity contribution in [3.05, 3.63) is 11.8 Å². The smallest absolute Gasteiger partial charge is 0.368 e. The van der Waals surface area contributed by atoms with E-state index in [0.29, 0.717) is 6.08 Å². The standard InChI is InChI=1S/C8H9F3N2O/c9-8(10,11)5-3-6(14)13-7(12-5)4-1-2-4/h3-4,6,14H,1-2H2,(H,12,13). The number of halogens is 3. The van der Waals surface area contributed by atoms with Crippen LogP contribution in [0.3, 0.4) is 0 Å². The Balaban J connectivity index is 2.15. The van der Waals surface area contributed by atoms with Crippen molar-refractivity contribution in [2.45, 2.75) is 25.2 Å². The summed E-state index contributed by atoms with van der Waals surface area (Å²) < 4.78 is 36.8. The number of hydrogen-bond acceptors (Lipinski definition) is 3. The zero-order chi connectivity index (χ0) is 10.3. The highest BCUT2D eigenvalue weighted by Crippen LogP contribution is 2.33. The van der Waals surface area contributed by atoms with E-state index in [1.807, 2.05) is 0 Å². The first-order chi connectivity index (χ1) is 6.47. The average molecular weight is 206 g/mol. The van der Waals surface area contributed by atoms with Gasteiger partial charge in [0.15, 0.2) is 6.23 Å². The van der Waals surface area contributed by atoms with Crippen molar-refractivity contribution in [2.24, 2.45) is 10.9 Å². The van der Waals surface area contributed by atoms with Crippen molar-refractivity contribution in [3.63, 3.8) is 0 Å². The Morgan fingerprint density at radius 1 is 1.43 bits per heavy atom. The molecule has 0 aromatic heterocycles. The second kappa shape index (κ2) is 2.98. The lowest BCUT2D eigenvalue weighted by Crippen LogP contribution is -2.37. The first-order valence-corrected chi connectivity index (χ1v) is 4.28. The lowest BCUT2D eigenvalue weighted by molar-refractivity contribution is -0.0962. The molecule has 2 rings (SSSR count). The summed E-state index contributed by atoms with van der Waals surface area (Å²) in [6, 6.07) is 0. The second-order valence-electron chi connectivity index (χ2n) is 3.41. The fourth-order valence-electron chi connectivity index (χ4n) is 1.27. The van der Waals surface area contributed by atoms with Crippen molar-refractivity contribution >= 4 is 5.84 Å². The highest BCUT2D eigenvalue weighted by molar-refractivity contribution is 5.89. The Bertz CT molecular complexity index is 304. The molecule has 0 radical (unpaired) electrons. The van der Waals surface area contributed by atoms with E-state index in [1.165, 1.54) is 0 Å². The van der Waals surface area contributed by atoms with Crippen molar-refractivity contribution in [3.8, 4) is 0 Å². The highest BCUT2D eigenvalue weighted by Gasteiger charge is 2.39. The Kier molecular flexibility index (Phi) is 2.02. The minimum atomic E-state index is -4.45. The molecule has 2 aliphatic rings. The van der Waals surface area contributed by atoms with Gasteiger partial charge in [0.05, 0.1) is 0 Å². The van der Waals surface area contributed by atoms with Gasteiger partial charge in [-0.05, 0) is 18.9 Å². The van der Waals surface area contributed by atoms with Gasteiger partial charge < -0.3 is 10.4 Å². The van der Waals surface area contributed by atoms with Gasteiger partial charge in [-0.15, -0.1) is 0 Å². The van der Waals surface area contributed by atoms with Crippen LogP contribution in [0.4, 0.5) is 13.2 Å². The number of allylic oxidation sites excluding steroid dienone is 1. The molecule has 0 spiro atoms. The molecule has 3 nitrogen and oxygen atoms in total. The Labute approximate surface area is 78.3 Å². The van der Waals surface area contributed by atoms with Crippen LogP contribution in [0, 0.1) is 5.92 Å². The Morgan fingerprint density at radius 3 is 2.57 bits per heavy atom. The molecule has 1 aliphatic heterocycles. The fourth-order valence-corrected chi connectivity index (χ4v) is 1.27. The SMILES string of the molecule is OC1C=C(C(F)(F)F)NC(C2CC2)=N1. The van der Waals surface area contributed by atoms with E-state index in [2.05, 4.69) is 10.3 Å². The van der Waals surface area contributed by atoms with E-state index in [4.69, 9.17) is 5.11 Å². The monoisotopic (exact) mass is 206 g/mol. The third-order valence-electron chi connectivity index (χ3n) is 2.12. The minimum Gasteiger partial charge on any atom is -0.368 e. The summed E-state index contributed by atoms with van der Waals surface area (Å²) in [4.78, 5) is 3.69. The van der Waals surface area contributed by atoms with E-state index in [1.54, 1.807) is 0 Å². The number of aliphatic imine (C=N–C) groups is 1. The number of nitrogens with one attached hydrogen (secondary N) is 1. The van der Waals surface area contributed by atoms with Crippen LogP contribution in [0.1, 0.15) is 12.8 Å².